The molecule has 0 aromatic heterocycles. The average molecular weight is 216 g/mol. The van der Waals surface area contributed by atoms with Gasteiger partial charge in [0.25, 0.3) is 0 Å². The fourth-order valence-corrected chi connectivity index (χ4v) is 2.44. The van der Waals surface area contributed by atoms with Gasteiger partial charge in [-0.25, -0.2) is 4.39 Å². The summed E-state index contributed by atoms with van der Waals surface area (Å²) in [6.45, 7) is 9.09. The summed E-state index contributed by atoms with van der Waals surface area (Å²) in [4.78, 5) is 2.31. The van der Waals surface area contributed by atoms with Crippen LogP contribution >= 0.6 is 0 Å². The quantitative estimate of drug-likeness (QED) is 0.756. The largest absolute Gasteiger partial charge is 0.311 e. The third-order valence-electron chi connectivity index (χ3n) is 3.21. The maximum absolute atomic E-state index is 12.4. The third kappa shape index (κ3) is 4.07. The summed E-state index contributed by atoms with van der Waals surface area (Å²) in [5.41, 5.74) is 0. The van der Waals surface area contributed by atoms with Crippen molar-refractivity contribution in [3.05, 3.63) is 0 Å². The molecule has 0 radical (unpaired) electrons. The molecular weight excluding hydrogens is 191 g/mol. The van der Waals surface area contributed by atoms with Crippen LogP contribution in [0.15, 0.2) is 0 Å². The predicted molar refractivity (Wildman–Crippen MR) is 62.9 cm³/mol. The smallest absolute Gasteiger partial charge is 0.102 e. The lowest BCUT2D eigenvalue weighted by Crippen LogP contribution is -2.56. The van der Waals surface area contributed by atoms with Crippen molar-refractivity contribution in [2.45, 2.75) is 45.7 Å². The van der Waals surface area contributed by atoms with E-state index in [2.05, 4.69) is 31.0 Å². The van der Waals surface area contributed by atoms with Gasteiger partial charge in [-0.1, -0.05) is 20.8 Å². The summed E-state index contributed by atoms with van der Waals surface area (Å²) in [6, 6.07) is 1.09. The third-order valence-corrected chi connectivity index (χ3v) is 3.21. The van der Waals surface area contributed by atoms with E-state index in [9.17, 15) is 4.39 Å². The van der Waals surface area contributed by atoms with E-state index in [1.54, 1.807) is 0 Å². The summed E-state index contributed by atoms with van der Waals surface area (Å²) in [6.07, 6.45) is 2.31. The molecule has 0 bridgehead atoms. The molecule has 1 heterocycles. The van der Waals surface area contributed by atoms with Crippen LogP contribution in [0.3, 0.4) is 0 Å². The van der Waals surface area contributed by atoms with Gasteiger partial charge in [0.15, 0.2) is 0 Å². The average Bonchev–Trinajstić information content (AvgIpc) is 2.18. The maximum Gasteiger partial charge on any atom is 0.102 e. The molecule has 1 aliphatic heterocycles. The molecule has 1 N–H and O–H groups in total. The van der Waals surface area contributed by atoms with Gasteiger partial charge in [-0.2, -0.15) is 0 Å². The van der Waals surface area contributed by atoms with Gasteiger partial charge in [-0.15, -0.1) is 0 Å². The van der Waals surface area contributed by atoms with Crippen LogP contribution in [0.5, 0.6) is 0 Å². The number of piperazine rings is 1. The van der Waals surface area contributed by atoms with Crippen molar-refractivity contribution >= 4 is 0 Å². The van der Waals surface area contributed by atoms with Gasteiger partial charge >= 0.3 is 0 Å². The van der Waals surface area contributed by atoms with Crippen LogP contribution in [0.4, 0.5) is 4.39 Å². The van der Waals surface area contributed by atoms with Crippen LogP contribution in [0.25, 0.3) is 0 Å². The van der Waals surface area contributed by atoms with E-state index in [1.807, 2.05) is 0 Å². The standard InChI is InChI=1S/C12H25FN2/c1-4-12-8-14-11(7-10(2)3)9-15(12)6-5-13/h10-12,14H,4-9H2,1-3H3. The SMILES string of the molecule is CCC1CNC(CC(C)C)CN1CCF. The molecule has 2 unspecified atom stereocenters. The van der Waals surface area contributed by atoms with Gasteiger partial charge in [0.1, 0.15) is 6.67 Å². The minimum Gasteiger partial charge on any atom is -0.311 e. The highest BCUT2D eigenvalue weighted by Gasteiger charge is 2.26. The van der Waals surface area contributed by atoms with Crippen molar-refractivity contribution in [3.8, 4) is 0 Å². The molecule has 1 saturated heterocycles. The lowest BCUT2D eigenvalue weighted by molar-refractivity contribution is 0.111. The van der Waals surface area contributed by atoms with Crippen LogP contribution in [-0.4, -0.2) is 43.3 Å². The zero-order valence-corrected chi connectivity index (χ0v) is 10.3. The van der Waals surface area contributed by atoms with Crippen molar-refractivity contribution in [2.75, 3.05) is 26.3 Å². The summed E-state index contributed by atoms with van der Waals surface area (Å²) >= 11 is 0. The van der Waals surface area contributed by atoms with E-state index < -0.39 is 0 Å². The molecule has 1 rings (SSSR count). The number of hydrogen-bond donors (Lipinski definition) is 1. The van der Waals surface area contributed by atoms with E-state index >= 15 is 0 Å². The Balaban J connectivity index is 2.42. The minimum atomic E-state index is -0.217. The molecule has 0 saturated carbocycles. The fourth-order valence-electron chi connectivity index (χ4n) is 2.44. The van der Waals surface area contributed by atoms with Crippen LogP contribution in [0.2, 0.25) is 0 Å². The number of rotatable bonds is 5. The van der Waals surface area contributed by atoms with Gasteiger partial charge in [0.05, 0.1) is 0 Å². The predicted octanol–water partition coefficient (Wildman–Crippen LogP) is 2.05. The molecule has 0 aromatic carbocycles. The number of nitrogens with one attached hydrogen (secondary N) is 1. The number of alkyl halides is 1. The Kier molecular flexibility index (Phi) is 5.54. The van der Waals surface area contributed by atoms with Crippen LogP contribution < -0.4 is 5.32 Å². The van der Waals surface area contributed by atoms with Crippen molar-refractivity contribution in [1.29, 1.82) is 0 Å². The Hall–Kier alpha value is -0.150. The molecule has 1 fully saturated rings. The zero-order valence-electron chi connectivity index (χ0n) is 10.3. The van der Waals surface area contributed by atoms with Crippen molar-refractivity contribution in [2.24, 2.45) is 5.92 Å². The van der Waals surface area contributed by atoms with E-state index in [4.69, 9.17) is 0 Å². The Labute approximate surface area is 93.2 Å². The molecule has 0 aliphatic carbocycles. The normalized spacial score (nSPS) is 28.6. The molecular formula is C12H25FN2. The second kappa shape index (κ2) is 6.44. The first-order valence-electron chi connectivity index (χ1n) is 6.20. The molecule has 90 valence electrons. The van der Waals surface area contributed by atoms with Crippen molar-refractivity contribution < 1.29 is 4.39 Å². The van der Waals surface area contributed by atoms with E-state index in [0.29, 0.717) is 24.5 Å². The Bertz CT molecular complexity index is 173. The Morgan fingerprint density at radius 1 is 1.47 bits per heavy atom. The second-order valence-electron chi connectivity index (χ2n) is 4.98. The second-order valence-corrected chi connectivity index (χ2v) is 4.98. The first-order valence-corrected chi connectivity index (χ1v) is 6.20. The number of hydrogen-bond acceptors (Lipinski definition) is 2. The van der Waals surface area contributed by atoms with Gasteiger partial charge in [0, 0.05) is 31.7 Å². The summed E-state index contributed by atoms with van der Waals surface area (Å²) in [7, 11) is 0. The fraction of sp³-hybridized carbons (Fsp3) is 1.00. The minimum absolute atomic E-state index is 0.217. The number of nitrogens with zero attached hydrogens (tertiary/aromatic N) is 1. The van der Waals surface area contributed by atoms with Crippen LogP contribution in [0, 0.1) is 5.92 Å². The lowest BCUT2D eigenvalue weighted by atomic mass is 9.99. The monoisotopic (exact) mass is 216 g/mol. The van der Waals surface area contributed by atoms with Crippen molar-refractivity contribution in [3.63, 3.8) is 0 Å². The molecule has 15 heavy (non-hydrogen) atoms. The molecule has 1 aliphatic rings. The van der Waals surface area contributed by atoms with E-state index in [0.717, 1.165) is 19.5 Å². The van der Waals surface area contributed by atoms with Gasteiger partial charge in [0.2, 0.25) is 0 Å². The Morgan fingerprint density at radius 3 is 2.73 bits per heavy atom. The van der Waals surface area contributed by atoms with Gasteiger partial charge < -0.3 is 5.32 Å². The van der Waals surface area contributed by atoms with Crippen LogP contribution in [0.1, 0.15) is 33.6 Å². The molecule has 3 heteroatoms. The molecule has 0 amide bonds. The maximum atomic E-state index is 12.4. The highest BCUT2D eigenvalue weighted by molar-refractivity contribution is 4.85. The van der Waals surface area contributed by atoms with Crippen molar-refractivity contribution in [1.82, 2.24) is 10.2 Å². The lowest BCUT2D eigenvalue weighted by Gasteiger charge is -2.40. The Morgan fingerprint density at radius 2 is 2.20 bits per heavy atom. The topological polar surface area (TPSA) is 15.3 Å². The van der Waals surface area contributed by atoms with Crippen LogP contribution in [-0.2, 0) is 0 Å². The first-order chi connectivity index (χ1) is 7.17. The highest BCUT2D eigenvalue weighted by Crippen LogP contribution is 2.14. The van der Waals surface area contributed by atoms with E-state index in [1.165, 1.54) is 6.42 Å². The number of halogens is 1. The summed E-state index contributed by atoms with van der Waals surface area (Å²) < 4.78 is 12.4. The zero-order chi connectivity index (χ0) is 11.3. The molecule has 2 nitrogen and oxygen atoms in total. The van der Waals surface area contributed by atoms with Gasteiger partial charge in [-0.3, -0.25) is 4.90 Å². The summed E-state index contributed by atoms with van der Waals surface area (Å²) in [5.74, 6) is 0.716. The van der Waals surface area contributed by atoms with E-state index in [-0.39, 0.29) is 6.67 Å². The van der Waals surface area contributed by atoms with Gasteiger partial charge in [-0.05, 0) is 18.8 Å². The summed E-state index contributed by atoms with van der Waals surface area (Å²) in [5, 5.41) is 3.58. The first kappa shape index (κ1) is 12.9. The highest BCUT2D eigenvalue weighted by atomic mass is 19.1. The molecule has 2 atom stereocenters. The molecule has 0 aromatic rings. The molecule has 0 spiro atoms.